The molecule has 1 aliphatic rings. The third kappa shape index (κ3) is 2.62. The van der Waals surface area contributed by atoms with Crippen molar-refractivity contribution < 1.29 is 4.39 Å². The molecule has 1 aromatic carbocycles. The smallest absolute Gasteiger partial charge is 0.137 e. The first-order chi connectivity index (χ1) is 9.65. The number of benzene rings is 1. The number of nitrogens with one attached hydrogen (secondary N) is 1. The molecule has 0 aliphatic heterocycles. The lowest BCUT2D eigenvalue weighted by atomic mass is 10.1. The average Bonchev–Trinajstić information content (AvgIpc) is 3.04. The molecule has 6 heteroatoms. The Bertz CT molecular complexity index is 599. The van der Waals surface area contributed by atoms with Gasteiger partial charge in [-0.15, -0.1) is 0 Å². The number of rotatable bonds is 4. The average molecular weight is 339 g/mol. The van der Waals surface area contributed by atoms with Gasteiger partial charge in [-0.25, -0.2) is 9.37 Å². The highest BCUT2D eigenvalue weighted by Gasteiger charge is 2.28. The van der Waals surface area contributed by atoms with Crippen molar-refractivity contribution in [2.75, 3.05) is 0 Å². The van der Waals surface area contributed by atoms with E-state index in [0.29, 0.717) is 0 Å². The maximum atomic E-state index is 13.8. The zero-order chi connectivity index (χ0) is 14.1. The van der Waals surface area contributed by atoms with Gasteiger partial charge in [0, 0.05) is 16.6 Å². The second kappa shape index (κ2) is 5.61. The van der Waals surface area contributed by atoms with Gasteiger partial charge in [-0.05, 0) is 43.0 Å². The van der Waals surface area contributed by atoms with Crippen molar-refractivity contribution in [3.8, 4) is 0 Å². The number of nitrogens with zero attached hydrogens (tertiary/aromatic N) is 3. The van der Waals surface area contributed by atoms with Gasteiger partial charge >= 0.3 is 0 Å². The second-order valence-electron chi connectivity index (χ2n) is 5.20. The SMILES string of the molecule is C[C@H](Cn1cncn1)N[C@@H]1CCc2c(F)ccc(Br)c21. The summed E-state index contributed by atoms with van der Waals surface area (Å²) in [6, 6.07) is 3.75. The van der Waals surface area contributed by atoms with Gasteiger partial charge in [-0.1, -0.05) is 15.9 Å². The first-order valence-corrected chi connectivity index (χ1v) is 7.49. The van der Waals surface area contributed by atoms with E-state index >= 15 is 0 Å². The van der Waals surface area contributed by atoms with Gasteiger partial charge in [0.15, 0.2) is 0 Å². The van der Waals surface area contributed by atoms with Crippen molar-refractivity contribution in [2.24, 2.45) is 0 Å². The standard InChI is InChI=1S/C14H16BrFN4/c1-9(6-20-8-17-7-18-20)19-13-5-2-10-12(16)4-3-11(15)14(10)13/h3-4,7-9,13,19H,2,5-6H2,1H3/t9-,13-/m1/s1. The summed E-state index contributed by atoms with van der Waals surface area (Å²) in [6.45, 7) is 2.85. The van der Waals surface area contributed by atoms with E-state index in [1.54, 1.807) is 17.1 Å². The second-order valence-corrected chi connectivity index (χ2v) is 6.05. The molecule has 3 rings (SSSR count). The first kappa shape index (κ1) is 13.7. The maximum Gasteiger partial charge on any atom is 0.137 e. The fourth-order valence-corrected chi connectivity index (χ4v) is 3.49. The normalized spacial score (nSPS) is 19.1. The monoisotopic (exact) mass is 338 g/mol. The molecule has 4 nitrogen and oxygen atoms in total. The molecule has 0 unspecified atom stereocenters. The van der Waals surface area contributed by atoms with Crippen molar-refractivity contribution in [1.82, 2.24) is 20.1 Å². The van der Waals surface area contributed by atoms with E-state index in [9.17, 15) is 4.39 Å². The zero-order valence-electron chi connectivity index (χ0n) is 11.2. The largest absolute Gasteiger partial charge is 0.306 e. The molecule has 0 spiro atoms. The Balaban J connectivity index is 1.73. The van der Waals surface area contributed by atoms with Crippen molar-refractivity contribution in [1.29, 1.82) is 0 Å². The van der Waals surface area contributed by atoms with E-state index in [4.69, 9.17) is 0 Å². The lowest BCUT2D eigenvalue weighted by molar-refractivity contribution is 0.397. The molecule has 0 saturated carbocycles. The quantitative estimate of drug-likeness (QED) is 0.932. The van der Waals surface area contributed by atoms with Gasteiger partial charge in [0.2, 0.25) is 0 Å². The Kier molecular flexibility index (Phi) is 3.85. The van der Waals surface area contributed by atoms with Crippen LogP contribution in [0.15, 0.2) is 29.3 Å². The molecular weight excluding hydrogens is 323 g/mol. The zero-order valence-corrected chi connectivity index (χ0v) is 12.8. The first-order valence-electron chi connectivity index (χ1n) is 6.70. The molecule has 0 bridgehead atoms. The minimum absolute atomic E-state index is 0.101. The van der Waals surface area contributed by atoms with Crippen LogP contribution < -0.4 is 5.32 Å². The summed E-state index contributed by atoms with van der Waals surface area (Å²) in [5.74, 6) is -0.101. The van der Waals surface area contributed by atoms with Gasteiger partial charge in [-0.3, -0.25) is 4.68 Å². The highest BCUT2D eigenvalue weighted by molar-refractivity contribution is 9.10. The van der Waals surface area contributed by atoms with Crippen molar-refractivity contribution in [3.63, 3.8) is 0 Å². The van der Waals surface area contributed by atoms with E-state index in [1.165, 1.54) is 12.4 Å². The molecule has 1 N–H and O–H groups in total. The summed E-state index contributed by atoms with van der Waals surface area (Å²) in [5.41, 5.74) is 1.90. The van der Waals surface area contributed by atoms with Gasteiger partial charge in [0.1, 0.15) is 18.5 Å². The predicted octanol–water partition coefficient (Wildman–Crippen LogP) is 2.85. The topological polar surface area (TPSA) is 42.7 Å². The van der Waals surface area contributed by atoms with E-state index < -0.39 is 0 Å². The van der Waals surface area contributed by atoms with Crippen LogP contribution in [-0.4, -0.2) is 20.8 Å². The van der Waals surface area contributed by atoms with E-state index in [1.807, 2.05) is 0 Å². The maximum absolute atomic E-state index is 13.8. The third-order valence-corrected chi connectivity index (χ3v) is 4.38. The number of hydrogen-bond donors (Lipinski definition) is 1. The fourth-order valence-electron chi connectivity index (χ4n) is 2.84. The summed E-state index contributed by atoms with van der Waals surface area (Å²) >= 11 is 3.54. The molecule has 1 aromatic heterocycles. The van der Waals surface area contributed by atoms with Crippen LogP contribution in [0.25, 0.3) is 0 Å². The molecule has 0 fully saturated rings. The number of halogens is 2. The van der Waals surface area contributed by atoms with Crippen LogP contribution in [0.1, 0.15) is 30.5 Å². The molecule has 106 valence electrons. The molecule has 2 aromatic rings. The highest BCUT2D eigenvalue weighted by Crippen LogP contribution is 2.38. The summed E-state index contributed by atoms with van der Waals surface area (Å²) in [4.78, 5) is 3.94. The molecule has 20 heavy (non-hydrogen) atoms. The molecular formula is C14H16BrFN4. The van der Waals surface area contributed by atoms with Gasteiger partial charge in [-0.2, -0.15) is 5.10 Å². The number of fused-ring (bicyclic) bond motifs is 1. The Morgan fingerprint density at radius 2 is 2.40 bits per heavy atom. The third-order valence-electron chi connectivity index (χ3n) is 3.69. The minimum atomic E-state index is -0.101. The lowest BCUT2D eigenvalue weighted by Gasteiger charge is -2.21. The van der Waals surface area contributed by atoms with Crippen LogP contribution in [0, 0.1) is 5.82 Å². The van der Waals surface area contributed by atoms with Crippen LogP contribution in [0.5, 0.6) is 0 Å². The predicted molar refractivity (Wildman–Crippen MR) is 77.8 cm³/mol. The van der Waals surface area contributed by atoms with E-state index in [0.717, 1.165) is 35.0 Å². The number of hydrogen-bond acceptors (Lipinski definition) is 3. The molecule has 1 heterocycles. The Hall–Kier alpha value is -1.27. The van der Waals surface area contributed by atoms with Crippen LogP contribution in [-0.2, 0) is 13.0 Å². The fraction of sp³-hybridized carbons (Fsp3) is 0.429. The number of aromatic nitrogens is 3. The molecule has 1 aliphatic carbocycles. The summed E-state index contributed by atoms with van der Waals surface area (Å²) in [6.07, 6.45) is 4.95. The lowest BCUT2D eigenvalue weighted by Crippen LogP contribution is -2.33. The van der Waals surface area contributed by atoms with E-state index in [-0.39, 0.29) is 17.9 Å². The van der Waals surface area contributed by atoms with Crippen LogP contribution in [0.2, 0.25) is 0 Å². The van der Waals surface area contributed by atoms with Gasteiger partial charge in [0.05, 0.1) is 6.54 Å². The van der Waals surface area contributed by atoms with Crippen molar-refractivity contribution >= 4 is 15.9 Å². The Morgan fingerprint density at radius 3 is 3.15 bits per heavy atom. The highest BCUT2D eigenvalue weighted by atomic mass is 79.9. The minimum Gasteiger partial charge on any atom is -0.306 e. The summed E-state index contributed by atoms with van der Waals surface area (Å²) < 4.78 is 16.6. The van der Waals surface area contributed by atoms with Gasteiger partial charge < -0.3 is 5.32 Å². The van der Waals surface area contributed by atoms with Crippen LogP contribution in [0.4, 0.5) is 4.39 Å². The van der Waals surface area contributed by atoms with Crippen LogP contribution in [0.3, 0.4) is 0 Å². The molecule has 0 amide bonds. The van der Waals surface area contributed by atoms with Crippen LogP contribution >= 0.6 is 15.9 Å². The Morgan fingerprint density at radius 1 is 1.55 bits per heavy atom. The van der Waals surface area contributed by atoms with Crippen molar-refractivity contribution in [2.45, 2.75) is 38.4 Å². The van der Waals surface area contributed by atoms with E-state index in [2.05, 4.69) is 38.3 Å². The summed E-state index contributed by atoms with van der Waals surface area (Å²) in [7, 11) is 0. The van der Waals surface area contributed by atoms with Gasteiger partial charge in [0.25, 0.3) is 0 Å². The molecule has 2 atom stereocenters. The summed E-state index contributed by atoms with van der Waals surface area (Å²) in [5, 5.41) is 7.66. The molecule has 0 radical (unpaired) electrons. The molecule has 0 saturated heterocycles. The Labute approximate surface area is 125 Å². The van der Waals surface area contributed by atoms with Crippen molar-refractivity contribution in [3.05, 3.63) is 46.2 Å².